The van der Waals surface area contributed by atoms with Crippen molar-refractivity contribution in [3.63, 3.8) is 0 Å². The zero-order valence-corrected chi connectivity index (χ0v) is 13.4. The van der Waals surface area contributed by atoms with E-state index in [-0.39, 0.29) is 18.7 Å². The minimum atomic E-state index is -0.877. The van der Waals surface area contributed by atoms with E-state index in [0.717, 1.165) is 17.0 Å². The Balaban J connectivity index is 2.04. The van der Waals surface area contributed by atoms with Gasteiger partial charge in [-0.05, 0) is 30.3 Å². The van der Waals surface area contributed by atoms with Crippen molar-refractivity contribution in [3.05, 3.63) is 59.7 Å². The van der Waals surface area contributed by atoms with Crippen LogP contribution in [0.1, 0.15) is 18.9 Å². The molecule has 0 heterocycles. The molecule has 0 spiro atoms. The van der Waals surface area contributed by atoms with Gasteiger partial charge < -0.3 is 10.2 Å². The van der Waals surface area contributed by atoms with Crippen molar-refractivity contribution in [1.82, 2.24) is 0 Å². The Hall–Kier alpha value is -3.27. The van der Waals surface area contributed by atoms with Crippen molar-refractivity contribution in [2.24, 2.45) is 0 Å². The standard InChI is InChI=1S/C18H15F2N3O2/c1-12(24)23(17-6-5-14(19)10-16(17)20)8-7-18(25)22-15-4-2-3-13(9-15)11-21/h2-6,9-10H,7-8H2,1H3,(H,22,25). The van der Waals surface area contributed by atoms with Crippen molar-refractivity contribution < 1.29 is 18.4 Å². The Morgan fingerprint density at radius 1 is 1.20 bits per heavy atom. The minimum absolute atomic E-state index is 0.0678. The summed E-state index contributed by atoms with van der Waals surface area (Å²) in [6.07, 6.45) is -0.0901. The zero-order chi connectivity index (χ0) is 18.4. The largest absolute Gasteiger partial charge is 0.326 e. The summed E-state index contributed by atoms with van der Waals surface area (Å²) in [6, 6.07) is 11.2. The van der Waals surface area contributed by atoms with E-state index in [1.807, 2.05) is 6.07 Å². The number of nitriles is 1. The lowest BCUT2D eigenvalue weighted by atomic mass is 10.2. The van der Waals surface area contributed by atoms with E-state index < -0.39 is 23.4 Å². The number of amides is 2. The van der Waals surface area contributed by atoms with E-state index in [1.54, 1.807) is 18.2 Å². The van der Waals surface area contributed by atoms with Gasteiger partial charge in [-0.15, -0.1) is 0 Å². The van der Waals surface area contributed by atoms with Gasteiger partial charge in [-0.1, -0.05) is 6.07 Å². The SMILES string of the molecule is CC(=O)N(CCC(=O)Nc1cccc(C#N)c1)c1ccc(F)cc1F. The van der Waals surface area contributed by atoms with Gasteiger partial charge >= 0.3 is 0 Å². The molecule has 0 unspecified atom stereocenters. The molecule has 0 saturated heterocycles. The van der Waals surface area contributed by atoms with Crippen molar-refractivity contribution in [3.8, 4) is 6.07 Å². The number of carbonyl (C=O) groups is 2. The number of hydrogen-bond donors (Lipinski definition) is 1. The molecule has 25 heavy (non-hydrogen) atoms. The summed E-state index contributed by atoms with van der Waals surface area (Å²) < 4.78 is 26.9. The fourth-order valence-electron chi connectivity index (χ4n) is 2.25. The van der Waals surface area contributed by atoms with Crippen LogP contribution in [0.5, 0.6) is 0 Å². The molecule has 0 bridgehead atoms. The molecule has 2 rings (SSSR count). The maximum Gasteiger partial charge on any atom is 0.226 e. The Kier molecular flexibility index (Phi) is 5.79. The Bertz CT molecular complexity index is 846. The highest BCUT2D eigenvalue weighted by Gasteiger charge is 2.17. The first-order valence-electron chi connectivity index (χ1n) is 7.44. The third-order valence-electron chi connectivity index (χ3n) is 3.42. The molecule has 0 aliphatic rings. The molecular formula is C18H15F2N3O2. The Morgan fingerprint density at radius 2 is 1.96 bits per heavy atom. The highest BCUT2D eigenvalue weighted by atomic mass is 19.1. The van der Waals surface area contributed by atoms with Crippen LogP contribution >= 0.6 is 0 Å². The predicted octanol–water partition coefficient (Wildman–Crippen LogP) is 3.22. The molecule has 2 amide bonds. The fourth-order valence-corrected chi connectivity index (χ4v) is 2.25. The molecule has 0 atom stereocenters. The molecule has 5 nitrogen and oxygen atoms in total. The lowest BCUT2D eigenvalue weighted by molar-refractivity contribution is -0.117. The van der Waals surface area contributed by atoms with Crippen molar-refractivity contribution in [1.29, 1.82) is 5.26 Å². The van der Waals surface area contributed by atoms with Crippen LogP contribution in [0.25, 0.3) is 0 Å². The van der Waals surface area contributed by atoms with Crippen LogP contribution in [-0.4, -0.2) is 18.4 Å². The number of benzene rings is 2. The van der Waals surface area contributed by atoms with E-state index >= 15 is 0 Å². The first-order chi connectivity index (χ1) is 11.9. The molecule has 1 N–H and O–H groups in total. The molecule has 2 aromatic carbocycles. The molecule has 0 aliphatic carbocycles. The molecular weight excluding hydrogens is 328 g/mol. The Labute approximate surface area is 143 Å². The molecule has 0 fully saturated rings. The van der Waals surface area contributed by atoms with E-state index in [4.69, 9.17) is 5.26 Å². The Morgan fingerprint density at radius 3 is 2.60 bits per heavy atom. The van der Waals surface area contributed by atoms with Gasteiger partial charge in [0, 0.05) is 31.6 Å². The number of anilines is 2. The number of carbonyl (C=O) groups excluding carboxylic acids is 2. The monoisotopic (exact) mass is 343 g/mol. The van der Waals surface area contributed by atoms with Gasteiger partial charge in [-0.2, -0.15) is 5.26 Å². The van der Waals surface area contributed by atoms with Gasteiger partial charge in [0.2, 0.25) is 11.8 Å². The zero-order valence-electron chi connectivity index (χ0n) is 13.4. The van der Waals surface area contributed by atoms with Crippen LogP contribution in [0.15, 0.2) is 42.5 Å². The van der Waals surface area contributed by atoms with Crippen molar-refractivity contribution in [2.75, 3.05) is 16.8 Å². The maximum atomic E-state index is 13.9. The summed E-state index contributed by atoms with van der Waals surface area (Å²) in [5.41, 5.74) is 0.760. The topological polar surface area (TPSA) is 73.2 Å². The van der Waals surface area contributed by atoms with E-state index in [0.29, 0.717) is 17.3 Å². The predicted molar refractivity (Wildman–Crippen MR) is 88.8 cm³/mol. The van der Waals surface area contributed by atoms with Gasteiger partial charge in [-0.25, -0.2) is 8.78 Å². The normalized spacial score (nSPS) is 10.0. The van der Waals surface area contributed by atoms with E-state index in [1.165, 1.54) is 13.0 Å². The van der Waals surface area contributed by atoms with Crippen molar-refractivity contribution in [2.45, 2.75) is 13.3 Å². The maximum absolute atomic E-state index is 13.9. The van der Waals surface area contributed by atoms with Gasteiger partial charge in [0.05, 0.1) is 17.3 Å². The van der Waals surface area contributed by atoms with Crippen LogP contribution in [0.4, 0.5) is 20.2 Å². The summed E-state index contributed by atoms with van der Waals surface area (Å²) in [6.45, 7) is 1.17. The van der Waals surface area contributed by atoms with E-state index in [9.17, 15) is 18.4 Å². The summed E-state index contributed by atoms with van der Waals surface area (Å²) >= 11 is 0. The number of hydrogen-bond acceptors (Lipinski definition) is 3. The molecule has 0 aliphatic heterocycles. The minimum Gasteiger partial charge on any atom is -0.326 e. The third kappa shape index (κ3) is 4.85. The fraction of sp³-hybridized carbons (Fsp3) is 0.167. The van der Waals surface area contributed by atoms with Crippen LogP contribution in [0.2, 0.25) is 0 Å². The lowest BCUT2D eigenvalue weighted by Gasteiger charge is -2.21. The first-order valence-corrected chi connectivity index (χ1v) is 7.44. The van der Waals surface area contributed by atoms with Gasteiger partial charge in [0.25, 0.3) is 0 Å². The average Bonchev–Trinajstić information content (AvgIpc) is 2.56. The highest BCUT2D eigenvalue weighted by Crippen LogP contribution is 2.21. The van der Waals surface area contributed by atoms with Crippen molar-refractivity contribution >= 4 is 23.2 Å². The smallest absolute Gasteiger partial charge is 0.226 e. The van der Waals surface area contributed by atoms with Crippen LogP contribution in [0.3, 0.4) is 0 Å². The number of nitrogens with one attached hydrogen (secondary N) is 1. The number of halogens is 2. The summed E-state index contributed by atoms with van der Waals surface area (Å²) in [4.78, 5) is 24.8. The first kappa shape index (κ1) is 18.1. The van der Waals surface area contributed by atoms with Crippen LogP contribution in [0, 0.1) is 23.0 Å². The van der Waals surface area contributed by atoms with Crippen LogP contribution < -0.4 is 10.2 Å². The summed E-state index contributed by atoms with van der Waals surface area (Å²) in [5.74, 6) is -2.49. The summed E-state index contributed by atoms with van der Waals surface area (Å²) in [7, 11) is 0. The average molecular weight is 343 g/mol. The second-order valence-corrected chi connectivity index (χ2v) is 5.26. The van der Waals surface area contributed by atoms with Crippen LogP contribution in [-0.2, 0) is 9.59 Å². The third-order valence-corrected chi connectivity index (χ3v) is 3.42. The van der Waals surface area contributed by atoms with E-state index in [2.05, 4.69) is 5.32 Å². The highest BCUT2D eigenvalue weighted by molar-refractivity contribution is 5.94. The number of rotatable bonds is 5. The molecule has 0 radical (unpaired) electrons. The summed E-state index contributed by atoms with van der Waals surface area (Å²) in [5, 5.41) is 11.4. The van der Waals surface area contributed by atoms with Gasteiger partial charge in [0.1, 0.15) is 11.6 Å². The molecule has 2 aromatic rings. The lowest BCUT2D eigenvalue weighted by Crippen LogP contribution is -2.32. The molecule has 128 valence electrons. The van der Waals surface area contributed by atoms with Gasteiger partial charge in [0.15, 0.2) is 0 Å². The molecule has 0 aromatic heterocycles. The van der Waals surface area contributed by atoms with Gasteiger partial charge in [-0.3, -0.25) is 9.59 Å². The quantitative estimate of drug-likeness (QED) is 0.906. The second kappa shape index (κ2) is 8.02. The molecule has 7 heteroatoms. The number of nitrogens with zero attached hydrogens (tertiary/aromatic N) is 2. The molecule has 0 saturated carbocycles. The second-order valence-electron chi connectivity index (χ2n) is 5.26.